The third-order valence-corrected chi connectivity index (χ3v) is 3.30. The standard InChI is InChI=1S/C11H14N2O2S/c1-8-12-9(7-16-8)2-3-11(15)13-5-4-10(14)6-13/h2-3,7,10,14H,4-6H2,1H3/t10-/m1/s1. The molecule has 0 spiro atoms. The van der Waals surface area contributed by atoms with Crippen molar-refractivity contribution in [2.45, 2.75) is 19.4 Å². The molecule has 1 amide bonds. The van der Waals surface area contributed by atoms with Crippen LogP contribution >= 0.6 is 11.3 Å². The van der Waals surface area contributed by atoms with E-state index < -0.39 is 0 Å². The van der Waals surface area contributed by atoms with Gasteiger partial charge in [0, 0.05) is 24.5 Å². The van der Waals surface area contributed by atoms with Crippen molar-refractivity contribution in [2.24, 2.45) is 0 Å². The molecule has 4 nitrogen and oxygen atoms in total. The van der Waals surface area contributed by atoms with Crippen LogP contribution in [0.4, 0.5) is 0 Å². The average Bonchev–Trinajstić information content (AvgIpc) is 2.84. The molecule has 16 heavy (non-hydrogen) atoms. The Hall–Kier alpha value is -1.20. The number of aromatic nitrogens is 1. The highest BCUT2D eigenvalue weighted by Crippen LogP contribution is 2.12. The minimum Gasteiger partial charge on any atom is -0.391 e. The van der Waals surface area contributed by atoms with Crippen molar-refractivity contribution in [2.75, 3.05) is 13.1 Å². The first-order chi connectivity index (χ1) is 7.65. The van der Waals surface area contributed by atoms with E-state index in [2.05, 4.69) is 4.98 Å². The van der Waals surface area contributed by atoms with Crippen LogP contribution in [-0.2, 0) is 4.79 Å². The van der Waals surface area contributed by atoms with Gasteiger partial charge in [-0.15, -0.1) is 11.3 Å². The lowest BCUT2D eigenvalue weighted by Crippen LogP contribution is -2.27. The largest absolute Gasteiger partial charge is 0.391 e. The van der Waals surface area contributed by atoms with E-state index in [1.807, 2.05) is 12.3 Å². The Balaban J connectivity index is 1.94. The van der Waals surface area contributed by atoms with Crippen molar-refractivity contribution in [3.8, 4) is 0 Å². The quantitative estimate of drug-likeness (QED) is 0.784. The second-order valence-electron chi connectivity index (χ2n) is 3.85. The van der Waals surface area contributed by atoms with Crippen LogP contribution < -0.4 is 0 Å². The number of β-amino-alcohol motifs (C(OH)–C–C–N with tert-alkyl or cyclic N) is 1. The molecule has 0 unspecified atom stereocenters. The minimum atomic E-state index is -0.362. The molecule has 1 aliphatic heterocycles. The summed E-state index contributed by atoms with van der Waals surface area (Å²) in [6, 6.07) is 0. The number of nitrogens with zero attached hydrogens (tertiary/aromatic N) is 2. The maximum absolute atomic E-state index is 11.7. The van der Waals surface area contributed by atoms with E-state index in [1.54, 1.807) is 22.3 Å². The van der Waals surface area contributed by atoms with Gasteiger partial charge >= 0.3 is 0 Å². The SMILES string of the molecule is Cc1nc(C=CC(=O)N2CC[C@@H](O)C2)cs1. The number of thiazole rings is 1. The number of hydrogen-bond donors (Lipinski definition) is 1. The predicted molar refractivity (Wildman–Crippen MR) is 63.1 cm³/mol. The third kappa shape index (κ3) is 2.68. The van der Waals surface area contributed by atoms with Gasteiger partial charge in [-0.1, -0.05) is 0 Å². The Morgan fingerprint density at radius 2 is 2.56 bits per heavy atom. The van der Waals surface area contributed by atoms with Crippen LogP contribution in [0.3, 0.4) is 0 Å². The summed E-state index contributed by atoms with van der Waals surface area (Å²) < 4.78 is 0. The summed E-state index contributed by atoms with van der Waals surface area (Å²) in [6.45, 7) is 3.01. The zero-order chi connectivity index (χ0) is 11.5. The Bertz CT molecular complexity index is 414. The first kappa shape index (κ1) is 11.3. The molecular weight excluding hydrogens is 224 g/mol. The van der Waals surface area contributed by atoms with Gasteiger partial charge in [0.15, 0.2) is 0 Å². The summed E-state index contributed by atoms with van der Waals surface area (Å²) in [5, 5.41) is 12.2. The van der Waals surface area contributed by atoms with Crippen molar-refractivity contribution in [1.82, 2.24) is 9.88 Å². The number of rotatable bonds is 2. The number of hydrogen-bond acceptors (Lipinski definition) is 4. The second-order valence-corrected chi connectivity index (χ2v) is 4.91. The van der Waals surface area contributed by atoms with Crippen molar-refractivity contribution in [3.63, 3.8) is 0 Å². The Kier molecular flexibility index (Phi) is 3.36. The summed E-state index contributed by atoms with van der Waals surface area (Å²) in [7, 11) is 0. The van der Waals surface area contributed by atoms with Gasteiger partial charge in [-0.05, 0) is 19.4 Å². The Labute approximate surface area is 98.2 Å². The first-order valence-electron chi connectivity index (χ1n) is 5.22. The van der Waals surface area contributed by atoms with Gasteiger partial charge in [0.2, 0.25) is 5.91 Å². The van der Waals surface area contributed by atoms with Gasteiger partial charge in [0.1, 0.15) is 0 Å². The molecule has 0 aromatic carbocycles. The maximum atomic E-state index is 11.7. The lowest BCUT2D eigenvalue weighted by atomic mass is 10.3. The molecule has 86 valence electrons. The molecule has 0 aliphatic carbocycles. The number of carbonyl (C=O) groups excluding carboxylic acids is 1. The smallest absolute Gasteiger partial charge is 0.246 e. The van der Waals surface area contributed by atoms with Crippen molar-refractivity contribution < 1.29 is 9.90 Å². The molecule has 1 aromatic rings. The number of aliphatic hydroxyl groups excluding tert-OH is 1. The molecule has 1 fully saturated rings. The number of likely N-dealkylation sites (tertiary alicyclic amines) is 1. The molecule has 5 heteroatoms. The van der Waals surface area contributed by atoms with E-state index in [1.165, 1.54) is 6.08 Å². The normalized spacial score (nSPS) is 20.9. The molecule has 2 rings (SSSR count). The number of aliphatic hydroxyl groups is 1. The van der Waals surface area contributed by atoms with Crippen molar-refractivity contribution in [3.05, 3.63) is 22.2 Å². The predicted octanol–water partition coefficient (Wildman–Crippen LogP) is 1.06. The molecular formula is C11H14N2O2S. The fraction of sp³-hybridized carbons (Fsp3) is 0.455. The summed E-state index contributed by atoms with van der Waals surface area (Å²) in [5.41, 5.74) is 0.815. The zero-order valence-electron chi connectivity index (χ0n) is 9.09. The van der Waals surface area contributed by atoms with Crippen LogP contribution in [0.15, 0.2) is 11.5 Å². The molecule has 2 heterocycles. The maximum Gasteiger partial charge on any atom is 0.246 e. The fourth-order valence-electron chi connectivity index (χ4n) is 1.66. The first-order valence-corrected chi connectivity index (χ1v) is 6.10. The number of carbonyl (C=O) groups is 1. The summed E-state index contributed by atoms with van der Waals surface area (Å²) in [5.74, 6) is -0.0535. The molecule has 0 saturated carbocycles. The number of aryl methyl sites for hydroxylation is 1. The molecule has 1 N–H and O–H groups in total. The number of amides is 1. The third-order valence-electron chi connectivity index (χ3n) is 2.51. The van der Waals surface area contributed by atoms with Gasteiger partial charge in [0.05, 0.1) is 16.8 Å². The highest BCUT2D eigenvalue weighted by molar-refractivity contribution is 7.09. The van der Waals surface area contributed by atoms with Crippen LogP contribution in [0, 0.1) is 6.92 Å². The summed E-state index contributed by atoms with van der Waals surface area (Å²) >= 11 is 1.56. The molecule has 1 saturated heterocycles. The molecule has 0 bridgehead atoms. The van der Waals surface area contributed by atoms with Gasteiger partial charge in [0.25, 0.3) is 0 Å². The second kappa shape index (κ2) is 4.76. The van der Waals surface area contributed by atoms with Gasteiger partial charge in [-0.2, -0.15) is 0 Å². The zero-order valence-corrected chi connectivity index (χ0v) is 9.91. The fourth-order valence-corrected chi connectivity index (χ4v) is 2.24. The molecule has 1 aromatic heterocycles. The molecule has 1 atom stereocenters. The van der Waals surface area contributed by atoms with Crippen LogP contribution in [0.2, 0.25) is 0 Å². The summed E-state index contributed by atoms with van der Waals surface area (Å²) in [6.07, 6.45) is 3.55. The Morgan fingerprint density at radius 3 is 3.12 bits per heavy atom. The van der Waals surface area contributed by atoms with Crippen LogP contribution in [0.25, 0.3) is 6.08 Å². The van der Waals surface area contributed by atoms with E-state index in [9.17, 15) is 9.90 Å². The van der Waals surface area contributed by atoms with Gasteiger partial charge in [-0.3, -0.25) is 4.79 Å². The van der Waals surface area contributed by atoms with Gasteiger partial charge < -0.3 is 10.0 Å². The van der Waals surface area contributed by atoms with Gasteiger partial charge in [-0.25, -0.2) is 4.98 Å². The topological polar surface area (TPSA) is 53.4 Å². The monoisotopic (exact) mass is 238 g/mol. The highest BCUT2D eigenvalue weighted by Gasteiger charge is 2.22. The highest BCUT2D eigenvalue weighted by atomic mass is 32.1. The van der Waals surface area contributed by atoms with E-state index >= 15 is 0 Å². The average molecular weight is 238 g/mol. The minimum absolute atomic E-state index is 0.0535. The van der Waals surface area contributed by atoms with Crippen molar-refractivity contribution >= 4 is 23.3 Å². The van der Waals surface area contributed by atoms with E-state index in [4.69, 9.17) is 0 Å². The summed E-state index contributed by atoms with van der Waals surface area (Å²) in [4.78, 5) is 17.6. The van der Waals surface area contributed by atoms with E-state index in [0.29, 0.717) is 19.5 Å². The molecule has 1 aliphatic rings. The Morgan fingerprint density at radius 1 is 1.75 bits per heavy atom. The van der Waals surface area contributed by atoms with E-state index in [0.717, 1.165) is 10.7 Å². The van der Waals surface area contributed by atoms with E-state index in [-0.39, 0.29) is 12.0 Å². The lowest BCUT2D eigenvalue weighted by Gasteiger charge is -2.11. The van der Waals surface area contributed by atoms with Crippen LogP contribution in [0.1, 0.15) is 17.1 Å². The lowest BCUT2D eigenvalue weighted by molar-refractivity contribution is -0.125. The van der Waals surface area contributed by atoms with Crippen LogP contribution in [-0.4, -0.2) is 40.1 Å². The van der Waals surface area contributed by atoms with Crippen molar-refractivity contribution in [1.29, 1.82) is 0 Å². The van der Waals surface area contributed by atoms with Crippen LogP contribution in [0.5, 0.6) is 0 Å². The molecule has 0 radical (unpaired) electrons.